The van der Waals surface area contributed by atoms with Crippen LogP contribution in [0, 0.1) is 0 Å². The molecule has 0 spiro atoms. The van der Waals surface area contributed by atoms with Crippen LogP contribution < -0.4 is 10.1 Å². The van der Waals surface area contributed by atoms with E-state index in [9.17, 15) is 0 Å². The molecule has 18 heavy (non-hydrogen) atoms. The van der Waals surface area contributed by atoms with Gasteiger partial charge in [-0.25, -0.2) is 4.98 Å². The van der Waals surface area contributed by atoms with Gasteiger partial charge in [-0.3, -0.25) is 0 Å². The molecule has 1 aliphatic rings. The van der Waals surface area contributed by atoms with Crippen LogP contribution in [-0.2, 0) is 0 Å². The first kappa shape index (κ1) is 11.7. The topological polar surface area (TPSA) is 34.1 Å². The number of methoxy groups -OCH3 is 1. The van der Waals surface area contributed by atoms with Crippen LogP contribution in [0.5, 0.6) is 5.75 Å². The molecule has 1 heterocycles. The summed E-state index contributed by atoms with van der Waals surface area (Å²) in [4.78, 5) is 4.45. The van der Waals surface area contributed by atoms with Crippen molar-refractivity contribution in [2.45, 2.75) is 24.9 Å². The quantitative estimate of drug-likeness (QED) is 0.897. The summed E-state index contributed by atoms with van der Waals surface area (Å²) in [7, 11) is 1.72. The normalized spacial score (nSPS) is 16.5. The Morgan fingerprint density at radius 1 is 1.39 bits per heavy atom. The second kappa shape index (κ2) is 5.08. The van der Waals surface area contributed by atoms with Crippen LogP contribution in [-0.4, -0.2) is 18.1 Å². The summed E-state index contributed by atoms with van der Waals surface area (Å²) in [6.07, 6.45) is 4.38. The summed E-state index contributed by atoms with van der Waals surface area (Å²) in [6, 6.07) is 8.94. The fourth-order valence-corrected chi connectivity index (χ4v) is 2.78. The van der Waals surface area contributed by atoms with E-state index < -0.39 is 0 Å². The molecular formula is C14H16N2OS. The number of benzene rings is 1. The summed E-state index contributed by atoms with van der Waals surface area (Å²) in [5.74, 6) is 0.922. The van der Waals surface area contributed by atoms with Crippen LogP contribution in [0.25, 0.3) is 0 Å². The molecule has 1 aromatic heterocycles. The summed E-state index contributed by atoms with van der Waals surface area (Å²) in [5.41, 5.74) is 1.17. The number of rotatable bonds is 5. The summed E-state index contributed by atoms with van der Waals surface area (Å²) in [5, 5.41) is 6.78. The minimum Gasteiger partial charge on any atom is -0.496 e. The third-order valence-corrected chi connectivity index (χ3v) is 3.97. The molecule has 0 amide bonds. The van der Waals surface area contributed by atoms with Gasteiger partial charge in [-0.2, -0.15) is 0 Å². The van der Waals surface area contributed by atoms with E-state index >= 15 is 0 Å². The number of hydrogen-bond donors (Lipinski definition) is 1. The third-order valence-electron chi connectivity index (χ3n) is 3.13. The van der Waals surface area contributed by atoms with Crippen molar-refractivity contribution in [2.75, 3.05) is 7.11 Å². The highest BCUT2D eigenvalue weighted by atomic mass is 32.1. The molecule has 3 rings (SSSR count). The van der Waals surface area contributed by atoms with Gasteiger partial charge in [0.1, 0.15) is 10.8 Å². The molecule has 1 fully saturated rings. The van der Waals surface area contributed by atoms with Crippen molar-refractivity contribution >= 4 is 11.3 Å². The maximum atomic E-state index is 5.46. The molecule has 1 N–H and O–H groups in total. The smallest absolute Gasteiger partial charge is 0.124 e. The molecule has 0 saturated heterocycles. The van der Waals surface area contributed by atoms with Crippen LogP contribution in [0.1, 0.15) is 29.5 Å². The predicted molar refractivity (Wildman–Crippen MR) is 73.1 cm³/mol. The van der Waals surface area contributed by atoms with E-state index in [-0.39, 0.29) is 6.04 Å². The number of nitrogens with one attached hydrogen (secondary N) is 1. The molecule has 1 aliphatic carbocycles. The minimum absolute atomic E-state index is 0.147. The molecule has 1 unspecified atom stereocenters. The maximum Gasteiger partial charge on any atom is 0.124 e. The van der Waals surface area contributed by atoms with Crippen LogP contribution in [0.2, 0.25) is 0 Å². The second-order valence-corrected chi connectivity index (χ2v) is 5.41. The molecule has 0 bridgehead atoms. The van der Waals surface area contributed by atoms with Crippen LogP contribution in [0.15, 0.2) is 35.8 Å². The molecule has 3 nitrogen and oxygen atoms in total. The van der Waals surface area contributed by atoms with E-state index in [1.807, 2.05) is 29.8 Å². The van der Waals surface area contributed by atoms with E-state index in [0.29, 0.717) is 6.04 Å². The number of hydrogen-bond acceptors (Lipinski definition) is 4. The van der Waals surface area contributed by atoms with E-state index in [4.69, 9.17) is 4.74 Å². The van der Waals surface area contributed by atoms with Crippen molar-refractivity contribution < 1.29 is 4.74 Å². The van der Waals surface area contributed by atoms with Crippen LogP contribution >= 0.6 is 11.3 Å². The monoisotopic (exact) mass is 260 g/mol. The Balaban J connectivity index is 1.96. The number of nitrogens with zero attached hydrogens (tertiary/aromatic N) is 1. The average molecular weight is 260 g/mol. The first-order chi connectivity index (χ1) is 8.88. The van der Waals surface area contributed by atoms with E-state index in [2.05, 4.69) is 16.4 Å². The Bertz CT molecular complexity index is 508. The lowest BCUT2D eigenvalue weighted by atomic mass is 10.1. The highest BCUT2D eigenvalue weighted by Crippen LogP contribution is 2.34. The van der Waals surface area contributed by atoms with Gasteiger partial charge in [-0.15, -0.1) is 11.3 Å². The van der Waals surface area contributed by atoms with E-state index in [1.165, 1.54) is 18.4 Å². The van der Waals surface area contributed by atoms with Gasteiger partial charge in [0.25, 0.3) is 0 Å². The molecule has 1 saturated carbocycles. The van der Waals surface area contributed by atoms with E-state index in [1.54, 1.807) is 18.4 Å². The highest BCUT2D eigenvalue weighted by Gasteiger charge is 2.28. The molecule has 1 atom stereocenters. The Kier molecular flexibility index (Phi) is 3.30. The fourth-order valence-electron chi connectivity index (χ4n) is 2.06. The Hall–Kier alpha value is -1.39. The zero-order valence-corrected chi connectivity index (χ0v) is 11.1. The average Bonchev–Trinajstić information content (AvgIpc) is 3.08. The first-order valence-corrected chi connectivity index (χ1v) is 7.05. The predicted octanol–water partition coefficient (Wildman–Crippen LogP) is 2.99. The summed E-state index contributed by atoms with van der Waals surface area (Å²) >= 11 is 1.69. The molecule has 94 valence electrons. The van der Waals surface area contributed by atoms with E-state index in [0.717, 1.165) is 10.8 Å². The third kappa shape index (κ3) is 2.40. The Morgan fingerprint density at radius 2 is 2.22 bits per heavy atom. The number of thiazole rings is 1. The van der Waals surface area contributed by atoms with Gasteiger partial charge in [-0.1, -0.05) is 18.2 Å². The molecular weight excluding hydrogens is 244 g/mol. The Labute approximate surface area is 111 Å². The van der Waals surface area contributed by atoms with Gasteiger partial charge in [0.05, 0.1) is 13.2 Å². The van der Waals surface area contributed by atoms with Gasteiger partial charge in [0, 0.05) is 23.2 Å². The largest absolute Gasteiger partial charge is 0.496 e. The molecule has 0 aliphatic heterocycles. The van der Waals surface area contributed by atoms with Crippen molar-refractivity contribution in [3.8, 4) is 5.75 Å². The Morgan fingerprint density at radius 3 is 2.89 bits per heavy atom. The van der Waals surface area contributed by atoms with Crippen molar-refractivity contribution in [2.24, 2.45) is 0 Å². The zero-order valence-electron chi connectivity index (χ0n) is 10.3. The highest BCUT2D eigenvalue weighted by molar-refractivity contribution is 7.09. The lowest BCUT2D eigenvalue weighted by Crippen LogP contribution is -2.24. The lowest BCUT2D eigenvalue weighted by Gasteiger charge is -2.19. The molecule has 0 radical (unpaired) electrons. The number of ether oxygens (including phenoxy) is 1. The van der Waals surface area contributed by atoms with Crippen molar-refractivity contribution in [1.82, 2.24) is 10.3 Å². The van der Waals surface area contributed by atoms with Gasteiger partial charge < -0.3 is 10.1 Å². The van der Waals surface area contributed by atoms with Crippen LogP contribution in [0.4, 0.5) is 0 Å². The fraction of sp³-hybridized carbons (Fsp3) is 0.357. The number of aromatic nitrogens is 1. The maximum absolute atomic E-state index is 5.46. The van der Waals surface area contributed by atoms with Crippen molar-refractivity contribution in [3.05, 3.63) is 46.4 Å². The minimum atomic E-state index is 0.147. The van der Waals surface area contributed by atoms with Crippen LogP contribution in [0.3, 0.4) is 0 Å². The second-order valence-electron chi connectivity index (χ2n) is 4.49. The summed E-state index contributed by atoms with van der Waals surface area (Å²) < 4.78 is 5.46. The molecule has 1 aromatic carbocycles. The van der Waals surface area contributed by atoms with Gasteiger partial charge in [-0.05, 0) is 18.9 Å². The SMILES string of the molecule is COc1ccccc1C(NC1CC1)c1nccs1. The van der Waals surface area contributed by atoms with Gasteiger partial charge >= 0.3 is 0 Å². The summed E-state index contributed by atoms with van der Waals surface area (Å²) in [6.45, 7) is 0. The number of para-hydroxylation sites is 1. The van der Waals surface area contributed by atoms with Gasteiger partial charge in [0.15, 0.2) is 0 Å². The first-order valence-electron chi connectivity index (χ1n) is 6.17. The van der Waals surface area contributed by atoms with Crippen molar-refractivity contribution in [1.29, 1.82) is 0 Å². The van der Waals surface area contributed by atoms with Crippen molar-refractivity contribution in [3.63, 3.8) is 0 Å². The molecule has 2 aromatic rings. The standard InChI is InChI=1S/C14H16N2OS/c1-17-12-5-3-2-4-11(12)13(16-10-6-7-10)14-15-8-9-18-14/h2-5,8-10,13,16H,6-7H2,1H3. The van der Waals surface area contributed by atoms with Gasteiger partial charge in [0.2, 0.25) is 0 Å². The lowest BCUT2D eigenvalue weighted by molar-refractivity contribution is 0.403. The molecule has 4 heteroatoms. The zero-order chi connectivity index (χ0) is 12.4.